The first-order valence-electron chi connectivity index (χ1n) is 6.07. The molecular weight excluding hydrogens is 329 g/mol. The van der Waals surface area contributed by atoms with Gasteiger partial charge in [0.05, 0.1) is 2.88 Å². The standard InChI is InChI=1S/C13H20INS/c1-8-3-4-10(5-9(8)2)13(15)11-6-12(14)16-7-11/h6-10,13H,3-5,15H2,1-2H3. The van der Waals surface area contributed by atoms with Crippen LogP contribution in [0.4, 0.5) is 0 Å². The van der Waals surface area contributed by atoms with Gasteiger partial charge in [-0.05, 0) is 70.2 Å². The molecule has 4 unspecified atom stereocenters. The van der Waals surface area contributed by atoms with Gasteiger partial charge in [0, 0.05) is 6.04 Å². The van der Waals surface area contributed by atoms with Crippen molar-refractivity contribution in [3.63, 3.8) is 0 Å². The molecule has 1 aromatic rings. The zero-order chi connectivity index (χ0) is 11.7. The SMILES string of the molecule is CC1CCC(C(N)c2csc(I)c2)CC1C. The maximum atomic E-state index is 6.39. The van der Waals surface area contributed by atoms with Gasteiger partial charge in [-0.25, -0.2) is 0 Å². The number of rotatable bonds is 2. The summed E-state index contributed by atoms with van der Waals surface area (Å²) in [6, 6.07) is 2.51. The molecule has 0 radical (unpaired) electrons. The van der Waals surface area contributed by atoms with Crippen molar-refractivity contribution < 1.29 is 0 Å². The Morgan fingerprint density at radius 3 is 2.69 bits per heavy atom. The van der Waals surface area contributed by atoms with Crippen LogP contribution in [-0.4, -0.2) is 0 Å². The van der Waals surface area contributed by atoms with E-state index in [1.807, 2.05) is 0 Å². The highest BCUT2D eigenvalue weighted by molar-refractivity contribution is 14.1. The summed E-state index contributed by atoms with van der Waals surface area (Å²) >= 11 is 4.18. The summed E-state index contributed by atoms with van der Waals surface area (Å²) in [5, 5.41) is 2.23. The van der Waals surface area contributed by atoms with Gasteiger partial charge >= 0.3 is 0 Å². The molecule has 1 aromatic heterocycles. The summed E-state index contributed by atoms with van der Waals surface area (Å²) in [5.41, 5.74) is 7.74. The highest BCUT2D eigenvalue weighted by Gasteiger charge is 2.29. The lowest BCUT2D eigenvalue weighted by atomic mass is 9.72. The first-order chi connectivity index (χ1) is 7.58. The second kappa shape index (κ2) is 5.36. The van der Waals surface area contributed by atoms with Crippen molar-refractivity contribution in [1.29, 1.82) is 0 Å². The quantitative estimate of drug-likeness (QED) is 0.786. The fraction of sp³-hybridized carbons (Fsp3) is 0.692. The van der Waals surface area contributed by atoms with Gasteiger partial charge in [0.1, 0.15) is 0 Å². The second-order valence-electron chi connectivity index (χ2n) is 5.24. The predicted molar refractivity (Wildman–Crippen MR) is 79.6 cm³/mol. The smallest absolute Gasteiger partial charge is 0.0656 e. The Kier molecular flexibility index (Phi) is 4.30. The van der Waals surface area contributed by atoms with E-state index in [1.54, 1.807) is 11.3 Å². The third-order valence-electron chi connectivity index (χ3n) is 4.12. The maximum Gasteiger partial charge on any atom is 0.0656 e. The molecular formula is C13H20INS. The van der Waals surface area contributed by atoms with E-state index in [0.29, 0.717) is 5.92 Å². The average molecular weight is 349 g/mol. The normalized spacial score (nSPS) is 32.6. The fourth-order valence-electron chi connectivity index (χ4n) is 2.69. The molecule has 2 rings (SSSR count). The Morgan fingerprint density at radius 2 is 2.12 bits per heavy atom. The molecule has 0 aromatic carbocycles. The molecule has 4 atom stereocenters. The molecule has 90 valence electrons. The minimum atomic E-state index is 0.259. The first kappa shape index (κ1) is 12.8. The third kappa shape index (κ3) is 2.79. The van der Waals surface area contributed by atoms with Gasteiger partial charge in [0.25, 0.3) is 0 Å². The number of hydrogen-bond donors (Lipinski definition) is 1. The van der Waals surface area contributed by atoms with E-state index >= 15 is 0 Å². The third-order valence-corrected chi connectivity index (χ3v) is 5.93. The van der Waals surface area contributed by atoms with Crippen molar-refractivity contribution >= 4 is 33.9 Å². The van der Waals surface area contributed by atoms with Gasteiger partial charge in [-0.3, -0.25) is 0 Å². The zero-order valence-corrected chi connectivity index (χ0v) is 12.9. The highest BCUT2D eigenvalue weighted by Crippen LogP contribution is 2.39. The van der Waals surface area contributed by atoms with Crippen LogP contribution in [0.5, 0.6) is 0 Å². The highest BCUT2D eigenvalue weighted by atomic mass is 127. The summed E-state index contributed by atoms with van der Waals surface area (Å²) < 4.78 is 1.35. The molecule has 1 heterocycles. The number of nitrogens with two attached hydrogens (primary N) is 1. The molecule has 1 nitrogen and oxygen atoms in total. The monoisotopic (exact) mass is 349 g/mol. The van der Waals surface area contributed by atoms with Gasteiger partial charge in [0.15, 0.2) is 0 Å². The van der Waals surface area contributed by atoms with Crippen molar-refractivity contribution in [2.24, 2.45) is 23.5 Å². The lowest BCUT2D eigenvalue weighted by Gasteiger charge is -2.35. The van der Waals surface area contributed by atoms with Crippen molar-refractivity contribution in [1.82, 2.24) is 0 Å². The number of thiophene rings is 1. The largest absolute Gasteiger partial charge is 0.324 e. The summed E-state index contributed by atoms with van der Waals surface area (Å²) in [5.74, 6) is 2.41. The lowest BCUT2D eigenvalue weighted by molar-refractivity contribution is 0.186. The van der Waals surface area contributed by atoms with Crippen LogP contribution in [0.25, 0.3) is 0 Å². The topological polar surface area (TPSA) is 26.0 Å². The summed E-state index contributed by atoms with van der Waals surface area (Å²) in [6.07, 6.45) is 3.95. The minimum absolute atomic E-state index is 0.259. The van der Waals surface area contributed by atoms with E-state index in [1.165, 1.54) is 27.7 Å². The molecule has 0 amide bonds. The Labute approximate surface area is 116 Å². The van der Waals surface area contributed by atoms with Crippen LogP contribution in [0.2, 0.25) is 0 Å². The number of hydrogen-bond acceptors (Lipinski definition) is 2. The molecule has 0 bridgehead atoms. The van der Waals surface area contributed by atoms with Crippen LogP contribution < -0.4 is 5.73 Å². The van der Waals surface area contributed by atoms with Crippen LogP contribution in [0, 0.1) is 20.6 Å². The fourth-order valence-corrected chi connectivity index (χ4v) is 4.10. The van der Waals surface area contributed by atoms with Crippen molar-refractivity contribution in [2.45, 2.75) is 39.2 Å². The van der Waals surface area contributed by atoms with Crippen molar-refractivity contribution in [3.8, 4) is 0 Å². The molecule has 0 saturated heterocycles. The Morgan fingerprint density at radius 1 is 1.38 bits per heavy atom. The molecule has 1 fully saturated rings. The average Bonchev–Trinajstić information content (AvgIpc) is 2.68. The first-order valence-corrected chi connectivity index (χ1v) is 8.03. The lowest BCUT2D eigenvalue weighted by Crippen LogP contribution is -2.29. The van der Waals surface area contributed by atoms with Gasteiger partial charge in [-0.15, -0.1) is 11.3 Å². The molecule has 2 N–H and O–H groups in total. The number of halogens is 1. The van der Waals surface area contributed by atoms with E-state index in [2.05, 4.69) is 47.9 Å². The van der Waals surface area contributed by atoms with Gasteiger partial charge < -0.3 is 5.73 Å². The van der Waals surface area contributed by atoms with Crippen molar-refractivity contribution in [3.05, 3.63) is 19.9 Å². The summed E-state index contributed by atoms with van der Waals surface area (Å²) in [7, 11) is 0. The summed E-state index contributed by atoms with van der Waals surface area (Å²) in [4.78, 5) is 0. The molecule has 16 heavy (non-hydrogen) atoms. The Bertz CT molecular complexity index is 349. The van der Waals surface area contributed by atoms with E-state index in [0.717, 1.165) is 11.8 Å². The Hall–Kier alpha value is 0.390. The maximum absolute atomic E-state index is 6.39. The van der Waals surface area contributed by atoms with E-state index in [-0.39, 0.29) is 6.04 Å². The Balaban J connectivity index is 2.02. The van der Waals surface area contributed by atoms with Crippen LogP contribution in [0.15, 0.2) is 11.4 Å². The molecule has 0 spiro atoms. The van der Waals surface area contributed by atoms with E-state index in [4.69, 9.17) is 5.73 Å². The molecule has 0 aliphatic heterocycles. The predicted octanol–water partition coefficient (Wildman–Crippen LogP) is 4.42. The van der Waals surface area contributed by atoms with E-state index < -0.39 is 0 Å². The van der Waals surface area contributed by atoms with Gasteiger partial charge in [-0.1, -0.05) is 20.3 Å². The van der Waals surface area contributed by atoms with Crippen molar-refractivity contribution in [2.75, 3.05) is 0 Å². The van der Waals surface area contributed by atoms with Crippen LogP contribution >= 0.6 is 33.9 Å². The van der Waals surface area contributed by atoms with Crippen LogP contribution in [0.3, 0.4) is 0 Å². The van der Waals surface area contributed by atoms with E-state index in [9.17, 15) is 0 Å². The van der Waals surface area contributed by atoms with Crippen LogP contribution in [0.1, 0.15) is 44.7 Å². The van der Waals surface area contributed by atoms with Crippen LogP contribution in [-0.2, 0) is 0 Å². The summed E-state index contributed by atoms with van der Waals surface area (Å²) in [6.45, 7) is 4.75. The van der Waals surface area contributed by atoms with Gasteiger partial charge in [0.2, 0.25) is 0 Å². The van der Waals surface area contributed by atoms with Gasteiger partial charge in [-0.2, -0.15) is 0 Å². The second-order valence-corrected chi connectivity index (χ2v) is 8.04. The molecule has 1 aliphatic carbocycles. The molecule has 3 heteroatoms. The minimum Gasteiger partial charge on any atom is -0.324 e. The molecule has 1 saturated carbocycles. The zero-order valence-electron chi connectivity index (χ0n) is 9.95. The molecule has 1 aliphatic rings.